The standard InChI is InChI=1S/C13H7Br3N2O2S/c14-9-2-3-10(15)13(6-9)21(19,20)18-12-4-1-8(7-17)5-11(12)16/h1-6,18H. The first-order chi connectivity index (χ1) is 9.83. The van der Waals surface area contributed by atoms with Crippen LogP contribution < -0.4 is 4.72 Å². The Morgan fingerprint density at radius 2 is 1.71 bits per heavy atom. The fourth-order valence-electron chi connectivity index (χ4n) is 1.55. The number of hydrogen-bond donors (Lipinski definition) is 1. The minimum Gasteiger partial charge on any atom is -0.278 e. The van der Waals surface area contributed by atoms with Crippen molar-refractivity contribution >= 4 is 63.5 Å². The van der Waals surface area contributed by atoms with Crippen molar-refractivity contribution in [1.82, 2.24) is 0 Å². The van der Waals surface area contributed by atoms with Crippen LogP contribution >= 0.6 is 47.8 Å². The zero-order chi connectivity index (χ0) is 15.6. The summed E-state index contributed by atoms with van der Waals surface area (Å²) in [6.45, 7) is 0. The topological polar surface area (TPSA) is 70.0 Å². The van der Waals surface area contributed by atoms with Crippen LogP contribution in [0.3, 0.4) is 0 Å². The van der Waals surface area contributed by atoms with Crippen molar-refractivity contribution in [2.45, 2.75) is 4.90 Å². The summed E-state index contributed by atoms with van der Waals surface area (Å²) in [5.74, 6) is 0. The molecule has 2 aromatic rings. The maximum Gasteiger partial charge on any atom is 0.263 e. The minimum atomic E-state index is -3.75. The fourth-order valence-corrected chi connectivity index (χ4v) is 4.74. The highest BCUT2D eigenvalue weighted by Gasteiger charge is 2.19. The number of rotatable bonds is 3. The summed E-state index contributed by atoms with van der Waals surface area (Å²) >= 11 is 9.72. The van der Waals surface area contributed by atoms with Gasteiger partial charge in [-0.3, -0.25) is 4.72 Å². The van der Waals surface area contributed by atoms with Gasteiger partial charge >= 0.3 is 0 Å². The summed E-state index contributed by atoms with van der Waals surface area (Å²) in [5.41, 5.74) is 0.800. The fraction of sp³-hybridized carbons (Fsp3) is 0. The van der Waals surface area contributed by atoms with Crippen LogP contribution in [0.5, 0.6) is 0 Å². The van der Waals surface area contributed by atoms with Crippen molar-refractivity contribution in [1.29, 1.82) is 5.26 Å². The number of halogens is 3. The molecule has 0 fully saturated rings. The van der Waals surface area contributed by atoms with Crippen LogP contribution in [0, 0.1) is 11.3 Å². The molecule has 0 radical (unpaired) electrons. The largest absolute Gasteiger partial charge is 0.278 e. The molecule has 0 bridgehead atoms. The molecule has 21 heavy (non-hydrogen) atoms. The molecule has 0 spiro atoms. The van der Waals surface area contributed by atoms with E-state index in [-0.39, 0.29) is 4.90 Å². The van der Waals surface area contributed by atoms with Gasteiger partial charge in [0.05, 0.1) is 17.3 Å². The van der Waals surface area contributed by atoms with Gasteiger partial charge in [-0.2, -0.15) is 5.26 Å². The molecule has 0 aliphatic rings. The van der Waals surface area contributed by atoms with E-state index in [1.165, 1.54) is 12.1 Å². The molecular formula is C13H7Br3N2O2S. The Hall–Kier alpha value is -0.880. The zero-order valence-corrected chi connectivity index (χ0v) is 15.8. The Morgan fingerprint density at radius 3 is 2.33 bits per heavy atom. The van der Waals surface area contributed by atoms with Gasteiger partial charge in [0.25, 0.3) is 10.0 Å². The van der Waals surface area contributed by atoms with Gasteiger partial charge in [0.1, 0.15) is 4.90 Å². The van der Waals surface area contributed by atoms with E-state index in [9.17, 15) is 8.42 Å². The average Bonchev–Trinajstić information content (AvgIpc) is 2.43. The van der Waals surface area contributed by atoms with E-state index in [1.54, 1.807) is 24.3 Å². The number of anilines is 1. The van der Waals surface area contributed by atoms with Crippen molar-refractivity contribution in [3.8, 4) is 6.07 Å². The maximum atomic E-state index is 12.4. The Balaban J connectivity index is 2.43. The third-order valence-corrected chi connectivity index (χ3v) is 6.03. The van der Waals surface area contributed by atoms with E-state index >= 15 is 0 Å². The van der Waals surface area contributed by atoms with Crippen LogP contribution in [0.1, 0.15) is 5.56 Å². The summed E-state index contributed by atoms with van der Waals surface area (Å²) in [4.78, 5) is 0.119. The Bertz CT molecular complexity index is 845. The molecular weight excluding hydrogens is 488 g/mol. The van der Waals surface area contributed by atoms with Crippen LogP contribution in [-0.4, -0.2) is 8.42 Å². The summed E-state index contributed by atoms with van der Waals surface area (Å²) in [5, 5.41) is 8.81. The molecule has 0 amide bonds. The molecule has 0 atom stereocenters. The van der Waals surface area contributed by atoms with Crippen molar-refractivity contribution in [3.63, 3.8) is 0 Å². The number of nitrogens with one attached hydrogen (secondary N) is 1. The number of hydrogen-bond acceptors (Lipinski definition) is 3. The highest BCUT2D eigenvalue weighted by Crippen LogP contribution is 2.30. The van der Waals surface area contributed by atoms with Crippen LogP contribution in [-0.2, 0) is 10.0 Å². The molecule has 0 aliphatic heterocycles. The zero-order valence-electron chi connectivity index (χ0n) is 10.3. The van der Waals surface area contributed by atoms with Crippen LogP contribution in [0.25, 0.3) is 0 Å². The highest BCUT2D eigenvalue weighted by molar-refractivity contribution is 9.11. The smallest absolute Gasteiger partial charge is 0.263 e. The van der Waals surface area contributed by atoms with Crippen LogP contribution in [0.2, 0.25) is 0 Å². The van der Waals surface area contributed by atoms with Gasteiger partial charge < -0.3 is 0 Å². The molecule has 0 saturated heterocycles. The molecule has 0 saturated carbocycles. The maximum absolute atomic E-state index is 12.4. The van der Waals surface area contributed by atoms with Crippen LogP contribution in [0.4, 0.5) is 5.69 Å². The first kappa shape index (κ1) is 16.5. The van der Waals surface area contributed by atoms with Crippen molar-refractivity contribution in [2.24, 2.45) is 0 Å². The van der Waals surface area contributed by atoms with Gasteiger partial charge in [-0.05, 0) is 68.3 Å². The third kappa shape index (κ3) is 3.86. The van der Waals surface area contributed by atoms with E-state index < -0.39 is 10.0 Å². The number of sulfonamides is 1. The van der Waals surface area contributed by atoms with Gasteiger partial charge in [0, 0.05) is 13.4 Å². The molecule has 0 aliphatic carbocycles. The summed E-state index contributed by atoms with van der Waals surface area (Å²) in [6, 6.07) is 11.5. The van der Waals surface area contributed by atoms with Crippen LogP contribution in [0.15, 0.2) is 54.7 Å². The van der Waals surface area contributed by atoms with Gasteiger partial charge in [-0.1, -0.05) is 15.9 Å². The Morgan fingerprint density at radius 1 is 1.00 bits per heavy atom. The molecule has 2 rings (SSSR count). The lowest BCUT2D eigenvalue weighted by Crippen LogP contribution is -2.14. The first-order valence-electron chi connectivity index (χ1n) is 5.51. The molecule has 0 unspecified atom stereocenters. The lowest BCUT2D eigenvalue weighted by Gasteiger charge is -2.11. The molecule has 0 aromatic heterocycles. The highest BCUT2D eigenvalue weighted by atomic mass is 79.9. The minimum absolute atomic E-state index is 0.119. The van der Waals surface area contributed by atoms with Gasteiger partial charge in [0.2, 0.25) is 0 Å². The molecule has 8 heteroatoms. The summed E-state index contributed by atoms with van der Waals surface area (Å²) < 4.78 is 29.0. The third-order valence-electron chi connectivity index (χ3n) is 2.53. The van der Waals surface area contributed by atoms with Crippen molar-refractivity contribution in [3.05, 3.63) is 55.4 Å². The second-order valence-electron chi connectivity index (χ2n) is 3.99. The van der Waals surface area contributed by atoms with Gasteiger partial charge in [-0.25, -0.2) is 8.42 Å². The number of nitrogens with zero attached hydrogens (tertiary/aromatic N) is 1. The number of nitriles is 1. The number of benzene rings is 2. The SMILES string of the molecule is N#Cc1ccc(NS(=O)(=O)c2cc(Br)ccc2Br)c(Br)c1. The second-order valence-corrected chi connectivity index (χ2v) is 8.26. The second kappa shape index (κ2) is 6.48. The van der Waals surface area contributed by atoms with E-state index in [0.717, 1.165) is 0 Å². The average molecular weight is 495 g/mol. The Labute approximate surface area is 147 Å². The normalized spacial score (nSPS) is 11.0. The van der Waals surface area contributed by atoms with E-state index in [1.807, 2.05) is 6.07 Å². The summed E-state index contributed by atoms with van der Waals surface area (Å²) in [6.07, 6.45) is 0. The molecule has 2 aromatic carbocycles. The van der Waals surface area contributed by atoms with E-state index in [2.05, 4.69) is 52.5 Å². The first-order valence-corrected chi connectivity index (χ1v) is 9.37. The quantitative estimate of drug-likeness (QED) is 0.675. The van der Waals surface area contributed by atoms with Crippen molar-refractivity contribution in [2.75, 3.05) is 4.72 Å². The van der Waals surface area contributed by atoms with E-state index in [0.29, 0.717) is 24.7 Å². The van der Waals surface area contributed by atoms with Gasteiger partial charge in [-0.15, -0.1) is 0 Å². The molecule has 4 nitrogen and oxygen atoms in total. The van der Waals surface area contributed by atoms with Gasteiger partial charge in [0.15, 0.2) is 0 Å². The summed E-state index contributed by atoms with van der Waals surface area (Å²) in [7, 11) is -3.75. The van der Waals surface area contributed by atoms with E-state index in [4.69, 9.17) is 5.26 Å². The Kier molecular flexibility index (Phi) is 5.09. The predicted molar refractivity (Wildman–Crippen MR) is 91.5 cm³/mol. The molecule has 0 heterocycles. The monoisotopic (exact) mass is 492 g/mol. The van der Waals surface area contributed by atoms with Crippen molar-refractivity contribution < 1.29 is 8.42 Å². The molecule has 108 valence electrons. The lowest BCUT2D eigenvalue weighted by atomic mass is 10.2. The molecule has 1 N–H and O–H groups in total. The predicted octanol–water partition coefficient (Wildman–Crippen LogP) is 4.65. The lowest BCUT2D eigenvalue weighted by molar-refractivity contribution is 0.600.